The van der Waals surface area contributed by atoms with Crippen molar-refractivity contribution in [3.8, 4) is 5.75 Å². The van der Waals surface area contributed by atoms with E-state index in [1.54, 1.807) is 49.6 Å². The number of methoxy groups -OCH3 is 1. The molecule has 2 amide bonds. The molecule has 0 saturated heterocycles. The van der Waals surface area contributed by atoms with Gasteiger partial charge in [-0.25, -0.2) is 0 Å². The Morgan fingerprint density at radius 2 is 1.81 bits per heavy atom. The van der Waals surface area contributed by atoms with E-state index in [0.717, 1.165) is 19.3 Å². The van der Waals surface area contributed by atoms with Crippen molar-refractivity contribution in [2.45, 2.75) is 26.2 Å². The number of hydrogen-bond donors (Lipinski definition) is 3. The molecule has 0 aliphatic carbocycles. The highest BCUT2D eigenvalue weighted by Crippen LogP contribution is 2.18. The van der Waals surface area contributed by atoms with Crippen molar-refractivity contribution in [1.29, 1.82) is 0 Å². The van der Waals surface area contributed by atoms with Crippen molar-refractivity contribution in [3.05, 3.63) is 59.7 Å². The molecule has 166 valence electrons. The molecule has 8 heteroatoms. The van der Waals surface area contributed by atoms with E-state index in [0.29, 0.717) is 42.3 Å². The maximum Gasteiger partial charge on any atom is 0.261 e. The molecule has 2 rings (SSSR count). The van der Waals surface area contributed by atoms with Gasteiger partial charge in [-0.1, -0.05) is 31.5 Å². The van der Waals surface area contributed by atoms with Crippen LogP contribution in [0.4, 0.5) is 5.69 Å². The lowest BCUT2D eigenvalue weighted by Gasteiger charge is -2.13. The summed E-state index contributed by atoms with van der Waals surface area (Å²) in [6.45, 7) is 3.73. The molecule has 0 spiro atoms. The number of amides is 2. The third kappa shape index (κ3) is 8.35. The van der Waals surface area contributed by atoms with Crippen LogP contribution >= 0.6 is 12.2 Å². The number of ether oxygens (including phenoxy) is 2. The summed E-state index contributed by atoms with van der Waals surface area (Å²) in [5.74, 6) is -0.0344. The van der Waals surface area contributed by atoms with Crippen LogP contribution in [0.25, 0.3) is 0 Å². The number of hydrogen-bond acceptors (Lipinski definition) is 5. The van der Waals surface area contributed by atoms with Crippen molar-refractivity contribution < 1.29 is 19.1 Å². The summed E-state index contributed by atoms with van der Waals surface area (Å²) in [5, 5.41) is 8.57. The molecule has 0 radical (unpaired) electrons. The summed E-state index contributed by atoms with van der Waals surface area (Å²) >= 11 is 5.27. The number of nitrogens with one attached hydrogen (secondary N) is 3. The standard InChI is InChI=1S/C23H29N3O4S/c1-3-4-15-30-20-12-6-5-11-19(20)22(28)26-23(31)25-18-10-7-9-17(16-18)21(27)24-13-8-14-29-2/h5-7,9-12,16H,3-4,8,13-15H2,1-2H3,(H,24,27)(H2,25,26,28,31). The SMILES string of the molecule is CCCCOc1ccccc1C(=O)NC(=S)Nc1cccc(C(=O)NCCCOC)c1. The van der Waals surface area contributed by atoms with Crippen LogP contribution in [0.2, 0.25) is 0 Å². The quantitative estimate of drug-likeness (QED) is 0.362. The first-order valence-corrected chi connectivity index (χ1v) is 10.7. The average molecular weight is 444 g/mol. The Balaban J connectivity index is 1.94. The molecule has 31 heavy (non-hydrogen) atoms. The van der Waals surface area contributed by atoms with Gasteiger partial charge in [0.15, 0.2) is 5.11 Å². The first-order chi connectivity index (χ1) is 15.0. The van der Waals surface area contributed by atoms with E-state index in [2.05, 4.69) is 22.9 Å². The van der Waals surface area contributed by atoms with Gasteiger partial charge in [-0.3, -0.25) is 14.9 Å². The lowest BCUT2D eigenvalue weighted by molar-refractivity contribution is 0.0946. The first-order valence-electron chi connectivity index (χ1n) is 10.3. The number of carbonyl (C=O) groups excluding carboxylic acids is 2. The maximum absolute atomic E-state index is 12.7. The molecular formula is C23H29N3O4S. The van der Waals surface area contributed by atoms with Crippen molar-refractivity contribution in [2.24, 2.45) is 0 Å². The number of benzene rings is 2. The summed E-state index contributed by atoms with van der Waals surface area (Å²) in [4.78, 5) is 24.9. The van der Waals surface area contributed by atoms with E-state index in [1.165, 1.54) is 0 Å². The van der Waals surface area contributed by atoms with Gasteiger partial charge in [-0.2, -0.15) is 0 Å². The van der Waals surface area contributed by atoms with Crippen LogP contribution < -0.4 is 20.7 Å². The second-order valence-electron chi connectivity index (χ2n) is 6.79. The first kappa shape index (κ1) is 24.3. The van der Waals surface area contributed by atoms with Crippen LogP contribution in [-0.2, 0) is 4.74 Å². The Labute approximate surface area is 188 Å². The highest BCUT2D eigenvalue weighted by molar-refractivity contribution is 7.80. The Morgan fingerprint density at radius 3 is 2.58 bits per heavy atom. The fourth-order valence-corrected chi connectivity index (χ4v) is 2.91. The summed E-state index contributed by atoms with van der Waals surface area (Å²) in [7, 11) is 1.62. The smallest absolute Gasteiger partial charge is 0.261 e. The van der Waals surface area contributed by atoms with Crippen molar-refractivity contribution in [2.75, 3.05) is 32.2 Å². The van der Waals surface area contributed by atoms with Crippen LogP contribution in [0.1, 0.15) is 46.9 Å². The predicted molar refractivity (Wildman–Crippen MR) is 126 cm³/mol. The van der Waals surface area contributed by atoms with E-state index < -0.39 is 0 Å². The number of thiocarbonyl (C=S) groups is 1. The third-order valence-electron chi connectivity index (χ3n) is 4.31. The second-order valence-corrected chi connectivity index (χ2v) is 7.20. The second kappa shape index (κ2) is 13.4. The predicted octanol–water partition coefficient (Wildman–Crippen LogP) is 3.76. The molecule has 0 unspecified atom stereocenters. The Morgan fingerprint density at radius 1 is 1.00 bits per heavy atom. The fraction of sp³-hybridized carbons (Fsp3) is 0.348. The van der Waals surface area contributed by atoms with E-state index in [1.807, 2.05) is 6.07 Å². The van der Waals surface area contributed by atoms with Gasteiger partial charge >= 0.3 is 0 Å². The van der Waals surface area contributed by atoms with Crippen LogP contribution in [0, 0.1) is 0 Å². The van der Waals surface area contributed by atoms with Gasteiger partial charge in [0, 0.05) is 31.5 Å². The number of para-hydroxylation sites is 1. The lowest BCUT2D eigenvalue weighted by Crippen LogP contribution is -2.34. The summed E-state index contributed by atoms with van der Waals surface area (Å²) in [6, 6.07) is 13.9. The van der Waals surface area contributed by atoms with Gasteiger partial charge in [0.1, 0.15) is 5.75 Å². The van der Waals surface area contributed by atoms with Crippen molar-refractivity contribution in [1.82, 2.24) is 10.6 Å². The van der Waals surface area contributed by atoms with Gasteiger partial charge in [0.25, 0.3) is 11.8 Å². The number of rotatable bonds is 11. The number of anilines is 1. The lowest BCUT2D eigenvalue weighted by atomic mass is 10.2. The maximum atomic E-state index is 12.7. The molecule has 0 aliphatic heterocycles. The van der Waals surface area contributed by atoms with E-state index in [-0.39, 0.29) is 16.9 Å². The summed E-state index contributed by atoms with van der Waals surface area (Å²) in [5.41, 5.74) is 1.50. The highest BCUT2D eigenvalue weighted by atomic mass is 32.1. The van der Waals surface area contributed by atoms with Gasteiger partial charge in [-0.05, 0) is 55.4 Å². The average Bonchev–Trinajstić information content (AvgIpc) is 2.77. The minimum absolute atomic E-state index is 0.131. The molecule has 2 aromatic rings. The molecule has 0 heterocycles. The van der Waals surface area contributed by atoms with Gasteiger partial charge < -0.3 is 20.1 Å². The Kier molecular flexibility index (Phi) is 10.5. The fourth-order valence-electron chi connectivity index (χ4n) is 2.70. The zero-order valence-electron chi connectivity index (χ0n) is 17.9. The zero-order valence-corrected chi connectivity index (χ0v) is 18.7. The molecular weight excluding hydrogens is 414 g/mol. The third-order valence-corrected chi connectivity index (χ3v) is 4.51. The molecule has 0 fully saturated rings. The van der Waals surface area contributed by atoms with Crippen LogP contribution in [-0.4, -0.2) is 43.8 Å². The van der Waals surface area contributed by atoms with Gasteiger partial charge in [0.2, 0.25) is 0 Å². The molecule has 0 aromatic heterocycles. The molecule has 0 bridgehead atoms. The zero-order chi connectivity index (χ0) is 22.5. The largest absolute Gasteiger partial charge is 0.493 e. The Bertz CT molecular complexity index is 889. The minimum atomic E-state index is -0.364. The molecule has 0 atom stereocenters. The topological polar surface area (TPSA) is 88.7 Å². The summed E-state index contributed by atoms with van der Waals surface area (Å²) < 4.78 is 10.7. The van der Waals surface area contributed by atoms with E-state index in [4.69, 9.17) is 21.7 Å². The van der Waals surface area contributed by atoms with Gasteiger partial charge in [0.05, 0.1) is 12.2 Å². The van der Waals surface area contributed by atoms with E-state index in [9.17, 15) is 9.59 Å². The molecule has 3 N–H and O–H groups in total. The number of carbonyl (C=O) groups is 2. The molecule has 7 nitrogen and oxygen atoms in total. The summed E-state index contributed by atoms with van der Waals surface area (Å²) in [6.07, 6.45) is 2.65. The van der Waals surface area contributed by atoms with E-state index >= 15 is 0 Å². The van der Waals surface area contributed by atoms with Crippen LogP contribution in [0.5, 0.6) is 5.75 Å². The molecule has 0 aliphatic rings. The molecule has 0 saturated carbocycles. The number of unbranched alkanes of at least 4 members (excludes halogenated alkanes) is 1. The monoisotopic (exact) mass is 443 g/mol. The molecule has 2 aromatic carbocycles. The normalized spacial score (nSPS) is 10.3. The Hall–Kier alpha value is -2.97. The van der Waals surface area contributed by atoms with Gasteiger partial charge in [-0.15, -0.1) is 0 Å². The van der Waals surface area contributed by atoms with Crippen LogP contribution in [0.15, 0.2) is 48.5 Å². The highest BCUT2D eigenvalue weighted by Gasteiger charge is 2.14. The van der Waals surface area contributed by atoms with Crippen molar-refractivity contribution in [3.63, 3.8) is 0 Å². The minimum Gasteiger partial charge on any atom is -0.493 e. The van der Waals surface area contributed by atoms with Crippen LogP contribution in [0.3, 0.4) is 0 Å². The van der Waals surface area contributed by atoms with Crippen molar-refractivity contribution >= 4 is 34.8 Å².